The number of nitrogens with one attached hydrogen (secondary N) is 3. The first kappa shape index (κ1) is 20.4. The lowest BCUT2D eigenvalue weighted by molar-refractivity contribution is -0.129. The Kier molecular flexibility index (Phi) is 6.81. The summed E-state index contributed by atoms with van der Waals surface area (Å²) in [6, 6.07) is 20.4. The van der Waals surface area contributed by atoms with E-state index in [-0.39, 0.29) is 31.1 Å². The van der Waals surface area contributed by atoms with E-state index in [1.807, 2.05) is 42.5 Å². The Morgan fingerprint density at radius 3 is 2.21 bits per heavy atom. The van der Waals surface area contributed by atoms with Gasteiger partial charge in [0.25, 0.3) is 0 Å². The number of halogens is 1. The minimum atomic E-state index is -0.453. The van der Waals surface area contributed by atoms with Crippen LogP contribution in [0.1, 0.15) is 18.4 Å². The van der Waals surface area contributed by atoms with Gasteiger partial charge in [-0.05, 0) is 28.5 Å². The van der Waals surface area contributed by atoms with Crippen LogP contribution in [0, 0.1) is 0 Å². The minimum Gasteiger partial charge on any atom is -0.325 e. The maximum absolute atomic E-state index is 12.2. The molecule has 0 aliphatic rings. The van der Waals surface area contributed by atoms with Crippen LogP contribution in [0.15, 0.2) is 66.7 Å². The Labute approximate surface area is 173 Å². The highest BCUT2D eigenvalue weighted by Gasteiger charge is 2.11. The molecule has 0 spiro atoms. The number of carbonyl (C=O) groups excluding carboxylic acids is 3. The Morgan fingerprint density at radius 2 is 1.38 bits per heavy atom. The van der Waals surface area contributed by atoms with Crippen LogP contribution in [0.2, 0.25) is 5.02 Å². The molecular formula is C22H20ClN3O3. The van der Waals surface area contributed by atoms with Gasteiger partial charge in [0.05, 0.1) is 17.1 Å². The van der Waals surface area contributed by atoms with Gasteiger partial charge in [-0.15, -0.1) is 0 Å². The number of benzene rings is 3. The maximum atomic E-state index is 12.2. The molecule has 0 radical (unpaired) electrons. The van der Waals surface area contributed by atoms with Crippen molar-refractivity contribution in [1.29, 1.82) is 0 Å². The number of hydrogen-bond acceptors (Lipinski definition) is 3. The molecule has 6 nitrogen and oxygen atoms in total. The van der Waals surface area contributed by atoms with Gasteiger partial charge in [-0.3, -0.25) is 25.2 Å². The van der Waals surface area contributed by atoms with E-state index in [1.165, 1.54) is 0 Å². The van der Waals surface area contributed by atoms with Crippen molar-refractivity contribution in [2.45, 2.75) is 19.3 Å². The predicted molar refractivity (Wildman–Crippen MR) is 113 cm³/mol. The molecule has 3 N–H and O–H groups in total. The van der Waals surface area contributed by atoms with E-state index in [4.69, 9.17) is 11.6 Å². The zero-order valence-electron chi connectivity index (χ0n) is 15.6. The monoisotopic (exact) mass is 409 g/mol. The number of hydrazine groups is 1. The number of rotatable bonds is 6. The second-order valence-corrected chi connectivity index (χ2v) is 6.85. The molecule has 0 aliphatic heterocycles. The van der Waals surface area contributed by atoms with Crippen molar-refractivity contribution >= 4 is 45.8 Å². The lowest BCUT2D eigenvalue weighted by atomic mass is 10.0. The molecule has 0 aromatic heterocycles. The molecule has 0 aliphatic carbocycles. The van der Waals surface area contributed by atoms with E-state index < -0.39 is 5.91 Å². The lowest BCUT2D eigenvalue weighted by Gasteiger charge is -2.10. The third kappa shape index (κ3) is 5.80. The van der Waals surface area contributed by atoms with Crippen molar-refractivity contribution in [3.05, 3.63) is 77.3 Å². The lowest BCUT2D eigenvalue weighted by Crippen LogP contribution is -2.42. The Balaban J connectivity index is 1.43. The molecule has 0 heterocycles. The molecule has 0 unspecified atom stereocenters. The molecule has 0 fully saturated rings. The molecule has 0 bridgehead atoms. The van der Waals surface area contributed by atoms with Gasteiger partial charge < -0.3 is 5.32 Å². The molecule has 7 heteroatoms. The van der Waals surface area contributed by atoms with E-state index in [0.717, 1.165) is 16.3 Å². The highest BCUT2D eigenvalue weighted by Crippen LogP contribution is 2.20. The maximum Gasteiger partial charge on any atom is 0.242 e. The summed E-state index contributed by atoms with van der Waals surface area (Å²) in [4.78, 5) is 36.0. The van der Waals surface area contributed by atoms with Crippen molar-refractivity contribution in [3.63, 3.8) is 0 Å². The number of carbonyl (C=O) groups is 3. The van der Waals surface area contributed by atoms with Crippen molar-refractivity contribution < 1.29 is 14.4 Å². The molecule has 3 rings (SSSR count). The fourth-order valence-corrected chi connectivity index (χ4v) is 3.05. The summed E-state index contributed by atoms with van der Waals surface area (Å²) in [5.41, 5.74) is 6.08. The zero-order valence-corrected chi connectivity index (χ0v) is 16.3. The van der Waals surface area contributed by atoms with Crippen LogP contribution < -0.4 is 16.2 Å². The Hall–Kier alpha value is -3.38. The molecule has 3 aromatic carbocycles. The van der Waals surface area contributed by atoms with Crippen LogP contribution in [0.25, 0.3) is 10.8 Å². The van der Waals surface area contributed by atoms with Crippen LogP contribution >= 0.6 is 11.6 Å². The second-order valence-electron chi connectivity index (χ2n) is 6.44. The van der Waals surface area contributed by atoms with Gasteiger partial charge in [-0.2, -0.15) is 0 Å². The van der Waals surface area contributed by atoms with Gasteiger partial charge in [0, 0.05) is 12.8 Å². The van der Waals surface area contributed by atoms with Crippen LogP contribution in [0.4, 0.5) is 5.69 Å². The summed E-state index contributed by atoms with van der Waals surface area (Å²) < 4.78 is 0. The summed E-state index contributed by atoms with van der Waals surface area (Å²) in [5, 5.41) is 5.10. The largest absolute Gasteiger partial charge is 0.325 e. The first-order valence-corrected chi connectivity index (χ1v) is 9.49. The van der Waals surface area contributed by atoms with Crippen molar-refractivity contribution in [3.8, 4) is 0 Å². The zero-order chi connectivity index (χ0) is 20.6. The summed E-state index contributed by atoms with van der Waals surface area (Å²) >= 11 is 5.98. The molecule has 148 valence electrons. The number of anilines is 1. The highest BCUT2D eigenvalue weighted by molar-refractivity contribution is 6.33. The summed E-state index contributed by atoms with van der Waals surface area (Å²) in [5.74, 6) is -1.13. The summed E-state index contributed by atoms with van der Waals surface area (Å²) in [6.45, 7) is 0. The average Bonchev–Trinajstić information content (AvgIpc) is 2.73. The van der Waals surface area contributed by atoms with Gasteiger partial charge >= 0.3 is 0 Å². The van der Waals surface area contributed by atoms with Gasteiger partial charge in [0.1, 0.15) is 0 Å². The van der Waals surface area contributed by atoms with Crippen LogP contribution in [-0.4, -0.2) is 17.7 Å². The molecule has 29 heavy (non-hydrogen) atoms. The average molecular weight is 410 g/mol. The van der Waals surface area contributed by atoms with E-state index in [9.17, 15) is 14.4 Å². The SMILES string of the molecule is O=C(CCC(=O)Nc1ccccc1Cl)NNC(=O)Cc1cccc2ccccc12. The van der Waals surface area contributed by atoms with Crippen LogP contribution in [-0.2, 0) is 20.8 Å². The standard InChI is InChI=1S/C22H20ClN3O3/c23-18-10-3-4-11-19(18)24-20(27)12-13-21(28)25-26-22(29)14-16-8-5-7-15-6-1-2-9-17(15)16/h1-11H,12-14H2,(H,24,27)(H,25,28)(H,26,29). The van der Waals surface area contributed by atoms with E-state index in [2.05, 4.69) is 16.2 Å². The van der Waals surface area contributed by atoms with E-state index >= 15 is 0 Å². The van der Waals surface area contributed by atoms with Gasteiger partial charge in [-0.25, -0.2) is 0 Å². The fraction of sp³-hybridized carbons (Fsp3) is 0.136. The Morgan fingerprint density at radius 1 is 0.724 bits per heavy atom. The molecule has 3 amide bonds. The minimum absolute atomic E-state index is 0.0315. The predicted octanol–water partition coefficient (Wildman–Crippen LogP) is 3.60. The first-order chi connectivity index (χ1) is 14.0. The molecule has 0 saturated carbocycles. The number of amides is 3. The van der Waals surface area contributed by atoms with E-state index in [1.54, 1.807) is 24.3 Å². The Bertz CT molecular complexity index is 1050. The van der Waals surface area contributed by atoms with Crippen molar-refractivity contribution in [1.82, 2.24) is 10.9 Å². The van der Waals surface area contributed by atoms with E-state index in [0.29, 0.717) is 10.7 Å². The number of hydrogen-bond donors (Lipinski definition) is 3. The summed E-state index contributed by atoms with van der Waals surface area (Å²) in [6.07, 6.45) is 0.0374. The van der Waals surface area contributed by atoms with Gasteiger partial charge in [-0.1, -0.05) is 66.2 Å². The molecule has 0 atom stereocenters. The van der Waals surface area contributed by atoms with Crippen molar-refractivity contribution in [2.24, 2.45) is 0 Å². The molecular weight excluding hydrogens is 390 g/mol. The van der Waals surface area contributed by atoms with Crippen molar-refractivity contribution in [2.75, 3.05) is 5.32 Å². The van der Waals surface area contributed by atoms with Crippen LogP contribution in [0.3, 0.4) is 0 Å². The van der Waals surface area contributed by atoms with Gasteiger partial charge in [0.15, 0.2) is 0 Å². The normalized spacial score (nSPS) is 10.4. The fourth-order valence-electron chi connectivity index (χ4n) is 2.87. The molecule has 0 saturated heterocycles. The number of para-hydroxylation sites is 1. The number of fused-ring (bicyclic) bond motifs is 1. The third-order valence-electron chi connectivity index (χ3n) is 4.30. The smallest absolute Gasteiger partial charge is 0.242 e. The third-order valence-corrected chi connectivity index (χ3v) is 4.63. The van der Waals surface area contributed by atoms with Gasteiger partial charge in [0.2, 0.25) is 17.7 Å². The second kappa shape index (κ2) is 9.71. The molecule has 3 aromatic rings. The topological polar surface area (TPSA) is 87.3 Å². The first-order valence-electron chi connectivity index (χ1n) is 9.11. The quantitative estimate of drug-likeness (QED) is 0.543. The highest BCUT2D eigenvalue weighted by atomic mass is 35.5. The summed E-state index contributed by atoms with van der Waals surface area (Å²) in [7, 11) is 0. The van der Waals surface area contributed by atoms with Crippen LogP contribution in [0.5, 0.6) is 0 Å².